The predicted octanol–water partition coefficient (Wildman–Crippen LogP) is 11.7. The van der Waals surface area contributed by atoms with Gasteiger partial charge in [-0.05, 0) is 94.4 Å². The van der Waals surface area contributed by atoms with Crippen LogP contribution in [0.25, 0.3) is 11.0 Å². The predicted molar refractivity (Wildman–Crippen MR) is 227 cm³/mol. The standard InChI is InChI=1S/C43H68N2O5SSi2/c1-29(32(4)50-53(14,15)42(5,6)7)21-22-30(2)40-35(48-43(8,9)49-40)23-24-36(51-33-19-17-16-18-20-33)38-37(41(46)47-25-26-52(11,12)13)31(3)27-34-39(38)44-28-45(34)10/h16-22,27-30,32,35-36,40H,23-26H2,1-15H3/b22-21-/t29-,30?,32+,35+,36?,40?/m1/s1. The Kier molecular flexibility index (Phi) is 14.2. The first kappa shape index (κ1) is 43.5. The summed E-state index contributed by atoms with van der Waals surface area (Å²) in [6.45, 7) is 31.6. The number of carbonyl (C=O) groups is 1. The molecule has 1 saturated heterocycles. The molecule has 294 valence electrons. The van der Waals surface area contributed by atoms with Gasteiger partial charge in [0.25, 0.3) is 0 Å². The van der Waals surface area contributed by atoms with Crippen molar-refractivity contribution in [3.63, 3.8) is 0 Å². The molecule has 6 atom stereocenters. The molecular formula is C43H68N2O5SSi2. The van der Waals surface area contributed by atoms with Crippen LogP contribution in [0.5, 0.6) is 0 Å². The summed E-state index contributed by atoms with van der Waals surface area (Å²) >= 11 is 1.78. The molecule has 1 fully saturated rings. The van der Waals surface area contributed by atoms with Crippen molar-refractivity contribution in [2.24, 2.45) is 18.9 Å². The van der Waals surface area contributed by atoms with Crippen LogP contribution in [-0.2, 0) is 25.7 Å². The zero-order chi connectivity index (χ0) is 39.5. The van der Waals surface area contributed by atoms with Crippen molar-refractivity contribution in [2.45, 2.75) is 153 Å². The number of fused-ring (bicyclic) bond motifs is 1. The third kappa shape index (κ3) is 11.4. The van der Waals surface area contributed by atoms with Crippen molar-refractivity contribution in [1.29, 1.82) is 0 Å². The van der Waals surface area contributed by atoms with Gasteiger partial charge in [-0.3, -0.25) is 0 Å². The molecule has 7 nitrogen and oxygen atoms in total. The molecule has 1 aliphatic rings. The van der Waals surface area contributed by atoms with E-state index < -0.39 is 22.2 Å². The van der Waals surface area contributed by atoms with Crippen LogP contribution in [0.15, 0.2) is 59.8 Å². The minimum atomic E-state index is -1.88. The Morgan fingerprint density at radius 1 is 1.06 bits per heavy atom. The summed E-state index contributed by atoms with van der Waals surface area (Å²) in [6.07, 6.45) is 7.82. The molecule has 53 heavy (non-hydrogen) atoms. The van der Waals surface area contributed by atoms with Gasteiger partial charge >= 0.3 is 5.97 Å². The second-order valence-electron chi connectivity index (χ2n) is 18.5. The molecule has 0 aliphatic carbocycles. The monoisotopic (exact) mass is 780 g/mol. The molecule has 1 aliphatic heterocycles. The number of thioether (sulfide) groups is 1. The lowest BCUT2D eigenvalue weighted by molar-refractivity contribution is -0.149. The number of carbonyl (C=O) groups excluding carboxylic acids is 1. The van der Waals surface area contributed by atoms with E-state index in [9.17, 15) is 4.79 Å². The molecule has 3 unspecified atom stereocenters. The summed E-state index contributed by atoms with van der Waals surface area (Å²) in [4.78, 5) is 20.1. The minimum Gasteiger partial charge on any atom is -0.462 e. The lowest BCUT2D eigenvalue weighted by Gasteiger charge is -2.39. The first-order valence-electron chi connectivity index (χ1n) is 19.5. The molecule has 10 heteroatoms. The number of hydrogen-bond acceptors (Lipinski definition) is 7. The van der Waals surface area contributed by atoms with E-state index in [4.69, 9.17) is 23.6 Å². The van der Waals surface area contributed by atoms with Crippen LogP contribution in [0.4, 0.5) is 0 Å². The van der Waals surface area contributed by atoms with Crippen molar-refractivity contribution in [3.05, 3.63) is 71.6 Å². The van der Waals surface area contributed by atoms with Crippen molar-refractivity contribution >= 4 is 45.2 Å². The van der Waals surface area contributed by atoms with E-state index >= 15 is 0 Å². The van der Waals surface area contributed by atoms with Gasteiger partial charge in [0.15, 0.2) is 14.1 Å². The van der Waals surface area contributed by atoms with Gasteiger partial charge in [0, 0.05) is 42.9 Å². The van der Waals surface area contributed by atoms with Crippen LogP contribution in [0.1, 0.15) is 95.0 Å². The fourth-order valence-corrected chi connectivity index (χ4v) is 10.1. The summed E-state index contributed by atoms with van der Waals surface area (Å²) in [6, 6.07) is 13.4. The maximum Gasteiger partial charge on any atom is 0.338 e. The highest BCUT2D eigenvalue weighted by atomic mass is 32.2. The summed E-state index contributed by atoms with van der Waals surface area (Å²) in [5.41, 5.74) is 4.35. The number of benzene rings is 2. The molecule has 2 heterocycles. The molecule has 0 amide bonds. The molecule has 0 radical (unpaired) electrons. The van der Waals surface area contributed by atoms with Crippen molar-refractivity contribution in [1.82, 2.24) is 9.55 Å². The van der Waals surface area contributed by atoms with Crippen LogP contribution in [0, 0.1) is 18.8 Å². The number of rotatable bonds is 16. The Morgan fingerprint density at radius 3 is 2.34 bits per heavy atom. The third-order valence-electron chi connectivity index (χ3n) is 11.1. The van der Waals surface area contributed by atoms with Gasteiger partial charge < -0.3 is 23.2 Å². The number of esters is 1. The molecule has 4 rings (SSSR count). The molecule has 2 aromatic carbocycles. The number of hydrogen-bond donors (Lipinski definition) is 0. The molecule has 3 aromatic rings. The van der Waals surface area contributed by atoms with E-state index in [1.165, 1.54) is 0 Å². The zero-order valence-electron chi connectivity index (χ0n) is 35.3. The van der Waals surface area contributed by atoms with E-state index in [1.54, 1.807) is 11.8 Å². The summed E-state index contributed by atoms with van der Waals surface area (Å²) in [7, 11) is -1.26. The Morgan fingerprint density at radius 2 is 1.72 bits per heavy atom. The number of imidazole rings is 1. The average molecular weight is 781 g/mol. The van der Waals surface area contributed by atoms with Gasteiger partial charge in [0.2, 0.25) is 0 Å². The Hall–Kier alpha value is -2.22. The van der Waals surface area contributed by atoms with Gasteiger partial charge in [-0.2, -0.15) is 0 Å². The van der Waals surface area contributed by atoms with E-state index in [2.05, 4.69) is 117 Å². The van der Waals surface area contributed by atoms with Crippen molar-refractivity contribution < 1.29 is 23.4 Å². The molecule has 0 spiro atoms. The second kappa shape index (κ2) is 17.3. The zero-order valence-corrected chi connectivity index (χ0v) is 38.1. The maximum atomic E-state index is 14.1. The number of aryl methyl sites for hydroxylation is 2. The maximum absolute atomic E-state index is 14.1. The highest BCUT2D eigenvalue weighted by molar-refractivity contribution is 7.99. The highest BCUT2D eigenvalue weighted by Crippen LogP contribution is 2.46. The summed E-state index contributed by atoms with van der Waals surface area (Å²) in [5, 5.41) is 0.0827. The van der Waals surface area contributed by atoms with Crippen LogP contribution in [0.3, 0.4) is 0 Å². The summed E-state index contributed by atoms with van der Waals surface area (Å²) < 4.78 is 28.1. The van der Waals surface area contributed by atoms with Gasteiger partial charge in [0.1, 0.15) is 0 Å². The van der Waals surface area contributed by atoms with Gasteiger partial charge in [-0.15, -0.1) is 11.8 Å². The Labute approximate surface area is 327 Å². The average Bonchev–Trinajstić information content (AvgIpc) is 3.57. The first-order chi connectivity index (χ1) is 24.5. The smallest absolute Gasteiger partial charge is 0.338 e. The van der Waals surface area contributed by atoms with E-state index in [0.29, 0.717) is 12.2 Å². The number of ether oxygens (including phenoxy) is 3. The van der Waals surface area contributed by atoms with E-state index in [0.717, 1.165) is 45.9 Å². The topological polar surface area (TPSA) is 71.8 Å². The van der Waals surface area contributed by atoms with Gasteiger partial charge in [0.05, 0.1) is 41.7 Å². The van der Waals surface area contributed by atoms with Crippen LogP contribution in [0.2, 0.25) is 43.8 Å². The molecule has 0 saturated carbocycles. The molecular weight excluding hydrogens is 713 g/mol. The summed E-state index contributed by atoms with van der Waals surface area (Å²) in [5.74, 6) is -0.575. The van der Waals surface area contributed by atoms with Crippen molar-refractivity contribution in [3.8, 4) is 0 Å². The molecule has 1 aromatic heterocycles. The first-order valence-corrected chi connectivity index (χ1v) is 27.0. The van der Waals surface area contributed by atoms with Crippen molar-refractivity contribution in [2.75, 3.05) is 6.61 Å². The largest absolute Gasteiger partial charge is 0.462 e. The quantitative estimate of drug-likeness (QED) is 0.0620. The van der Waals surface area contributed by atoms with Gasteiger partial charge in [-0.25, -0.2) is 9.78 Å². The van der Waals surface area contributed by atoms with Crippen LogP contribution >= 0.6 is 11.8 Å². The Balaban J connectivity index is 1.64. The fraction of sp³-hybridized carbons (Fsp3) is 0.628. The van der Waals surface area contributed by atoms with Crippen LogP contribution < -0.4 is 0 Å². The Bertz CT molecular complexity index is 1710. The normalized spacial score (nSPS) is 20.5. The minimum absolute atomic E-state index is 0.0820. The lowest BCUT2D eigenvalue weighted by Crippen LogP contribution is -2.44. The van der Waals surface area contributed by atoms with Crippen LogP contribution in [-0.4, -0.2) is 62.6 Å². The fourth-order valence-electron chi connectivity index (χ4n) is 6.67. The number of aromatic nitrogens is 2. The van der Waals surface area contributed by atoms with E-state index in [1.807, 2.05) is 44.8 Å². The van der Waals surface area contributed by atoms with E-state index in [-0.39, 0.29) is 46.4 Å². The van der Waals surface area contributed by atoms with Gasteiger partial charge in [-0.1, -0.05) is 84.6 Å². The number of nitrogens with zero attached hydrogens (tertiary/aromatic N) is 2. The lowest BCUT2D eigenvalue weighted by atomic mass is 9.91. The molecule has 0 bridgehead atoms. The highest BCUT2D eigenvalue weighted by Gasteiger charge is 2.44. The third-order valence-corrected chi connectivity index (χ3v) is 18.7. The SMILES string of the molecule is Cc1cc2c(ncn2C)c(C(CC[C@@H]2OC(C)(C)OC2C(C)/C=C\[C@@H](C)[C@H](C)O[Si](C)(C)C(C)(C)C)Sc2ccccc2)c1C(=O)OCC[Si](C)(C)C. The molecule has 0 N–H and O–H groups in total. The second-order valence-corrected chi connectivity index (χ2v) is 30.1.